The van der Waals surface area contributed by atoms with Crippen LogP contribution in [-0.2, 0) is 14.8 Å². The zero-order valence-electron chi connectivity index (χ0n) is 17.6. The minimum absolute atomic E-state index is 0.0379. The summed E-state index contributed by atoms with van der Waals surface area (Å²) in [6, 6.07) is 13.9. The fourth-order valence-corrected chi connectivity index (χ4v) is 4.77. The second-order valence-corrected chi connectivity index (χ2v) is 9.27. The average Bonchev–Trinajstić information content (AvgIpc) is 2.83. The van der Waals surface area contributed by atoms with E-state index in [9.17, 15) is 18.0 Å². The summed E-state index contributed by atoms with van der Waals surface area (Å²) in [4.78, 5) is 24.7. The van der Waals surface area contributed by atoms with Crippen LogP contribution >= 0.6 is 0 Å². The number of rotatable bonds is 6. The number of nitrogens with zero attached hydrogens (tertiary/aromatic N) is 2. The summed E-state index contributed by atoms with van der Waals surface area (Å²) < 4.78 is 32.6. The van der Waals surface area contributed by atoms with Gasteiger partial charge in [0.2, 0.25) is 10.0 Å². The van der Waals surface area contributed by atoms with Crippen LogP contribution in [-0.4, -0.2) is 43.7 Å². The van der Waals surface area contributed by atoms with Crippen molar-refractivity contribution in [2.24, 2.45) is 0 Å². The van der Waals surface area contributed by atoms with Crippen molar-refractivity contribution >= 4 is 21.8 Å². The van der Waals surface area contributed by atoms with Gasteiger partial charge in [0.15, 0.2) is 6.10 Å². The number of carbonyl (C=O) groups is 2. The molecule has 32 heavy (non-hydrogen) atoms. The first-order valence-corrected chi connectivity index (χ1v) is 11.6. The molecule has 1 heterocycles. The number of amides is 2. The molecule has 1 unspecified atom stereocenters. The summed E-state index contributed by atoms with van der Waals surface area (Å²) in [5, 5.41) is 8.81. The lowest BCUT2D eigenvalue weighted by molar-refractivity contribution is -0.128. The molecule has 0 aliphatic carbocycles. The Morgan fingerprint density at radius 3 is 2.41 bits per heavy atom. The van der Waals surface area contributed by atoms with Crippen molar-refractivity contribution in [1.82, 2.24) is 15.2 Å². The third kappa shape index (κ3) is 5.63. The fourth-order valence-electron chi connectivity index (χ4n) is 3.21. The Labute approximate surface area is 187 Å². The van der Waals surface area contributed by atoms with E-state index in [4.69, 9.17) is 10.00 Å². The van der Waals surface area contributed by atoms with Gasteiger partial charge in [-0.15, -0.1) is 0 Å². The van der Waals surface area contributed by atoms with Crippen LogP contribution in [0, 0.1) is 11.3 Å². The van der Waals surface area contributed by atoms with Crippen LogP contribution in [0.3, 0.4) is 0 Å². The van der Waals surface area contributed by atoms with Crippen molar-refractivity contribution in [3.63, 3.8) is 0 Å². The molecule has 3 rings (SSSR count). The summed E-state index contributed by atoms with van der Waals surface area (Å²) >= 11 is 0. The van der Waals surface area contributed by atoms with Gasteiger partial charge >= 0.3 is 0 Å². The SMILES string of the molecule is CC(Oc1ccc(C#N)cc1)C(=O)NNC(=O)c1cccc(S(=O)(=O)N2CCCCC2)c1. The topological polar surface area (TPSA) is 129 Å². The fraction of sp³-hybridized carbons (Fsp3) is 0.318. The lowest BCUT2D eigenvalue weighted by Gasteiger charge is -2.26. The summed E-state index contributed by atoms with van der Waals surface area (Å²) in [6.45, 7) is 2.43. The molecule has 1 saturated heterocycles. The molecule has 2 amide bonds. The number of nitrogens with one attached hydrogen (secondary N) is 2. The highest BCUT2D eigenvalue weighted by Crippen LogP contribution is 2.21. The lowest BCUT2D eigenvalue weighted by Crippen LogP contribution is -2.47. The molecular weight excluding hydrogens is 432 g/mol. The van der Waals surface area contributed by atoms with E-state index in [-0.39, 0.29) is 10.5 Å². The summed E-state index contributed by atoms with van der Waals surface area (Å²) in [7, 11) is -3.68. The van der Waals surface area contributed by atoms with Gasteiger partial charge in [-0.3, -0.25) is 20.4 Å². The van der Waals surface area contributed by atoms with Gasteiger partial charge in [0, 0.05) is 18.7 Å². The quantitative estimate of drug-likeness (QED) is 0.640. The third-order valence-electron chi connectivity index (χ3n) is 5.01. The molecule has 0 aromatic heterocycles. The Morgan fingerprint density at radius 1 is 1.06 bits per heavy atom. The maximum atomic E-state index is 12.8. The molecule has 2 aromatic carbocycles. The highest BCUT2D eigenvalue weighted by Gasteiger charge is 2.26. The molecule has 0 saturated carbocycles. The number of ether oxygens (including phenoxy) is 1. The van der Waals surface area contributed by atoms with Gasteiger partial charge in [-0.1, -0.05) is 12.5 Å². The first kappa shape index (κ1) is 23.2. The van der Waals surface area contributed by atoms with Crippen molar-refractivity contribution in [2.45, 2.75) is 37.2 Å². The van der Waals surface area contributed by atoms with E-state index in [0.29, 0.717) is 24.4 Å². The first-order chi connectivity index (χ1) is 15.3. The van der Waals surface area contributed by atoms with Crippen LogP contribution in [0.5, 0.6) is 5.75 Å². The van der Waals surface area contributed by atoms with Crippen molar-refractivity contribution in [1.29, 1.82) is 5.26 Å². The maximum Gasteiger partial charge on any atom is 0.279 e. The van der Waals surface area contributed by atoms with Gasteiger partial charge in [-0.2, -0.15) is 9.57 Å². The number of nitriles is 1. The van der Waals surface area contributed by atoms with Crippen LogP contribution in [0.2, 0.25) is 0 Å². The van der Waals surface area contributed by atoms with Crippen molar-refractivity contribution in [3.8, 4) is 11.8 Å². The number of hydrazine groups is 1. The van der Waals surface area contributed by atoms with Crippen LogP contribution in [0.25, 0.3) is 0 Å². The molecule has 0 radical (unpaired) electrons. The van der Waals surface area contributed by atoms with E-state index in [1.807, 2.05) is 6.07 Å². The Bertz CT molecular complexity index is 1120. The van der Waals surface area contributed by atoms with E-state index in [0.717, 1.165) is 19.3 Å². The molecule has 1 fully saturated rings. The molecule has 9 nitrogen and oxygen atoms in total. The second-order valence-electron chi connectivity index (χ2n) is 7.33. The van der Waals surface area contributed by atoms with Crippen molar-refractivity contribution < 1.29 is 22.7 Å². The lowest BCUT2D eigenvalue weighted by atomic mass is 10.2. The van der Waals surface area contributed by atoms with E-state index in [1.54, 1.807) is 24.3 Å². The van der Waals surface area contributed by atoms with Crippen molar-refractivity contribution in [2.75, 3.05) is 13.1 Å². The molecule has 168 valence electrons. The van der Waals surface area contributed by atoms with Crippen LogP contribution in [0.4, 0.5) is 0 Å². The summed E-state index contributed by atoms with van der Waals surface area (Å²) in [5.41, 5.74) is 5.11. The predicted octanol–water partition coefficient (Wildman–Crippen LogP) is 1.96. The number of benzene rings is 2. The molecule has 0 bridgehead atoms. The van der Waals surface area contributed by atoms with Gasteiger partial charge in [0.25, 0.3) is 11.8 Å². The predicted molar refractivity (Wildman–Crippen MR) is 116 cm³/mol. The van der Waals surface area contributed by atoms with Gasteiger partial charge in [-0.05, 0) is 62.2 Å². The second kappa shape index (κ2) is 10.3. The number of sulfonamides is 1. The van der Waals surface area contributed by atoms with Gasteiger partial charge in [-0.25, -0.2) is 8.42 Å². The summed E-state index contributed by atoms with van der Waals surface area (Å²) in [5.74, 6) is -0.854. The van der Waals surface area contributed by atoms with Gasteiger partial charge in [0.1, 0.15) is 5.75 Å². The highest BCUT2D eigenvalue weighted by atomic mass is 32.2. The third-order valence-corrected chi connectivity index (χ3v) is 6.91. The molecular formula is C22H24N4O5S. The molecule has 1 aliphatic heterocycles. The highest BCUT2D eigenvalue weighted by molar-refractivity contribution is 7.89. The minimum atomic E-state index is -3.68. The number of hydrogen-bond donors (Lipinski definition) is 2. The van der Waals surface area contributed by atoms with Crippen molar-refractivity contribution in [3.05, 3.63) is 59.7 Å². The minimum Gasteiger partial charge on any atom is -0.481 e. The average molecular weight is 457 g/mol. The maximum absolute atomic E-state index is 12.8. The van der Waals surface area contributed by atoms with E-state index in [1.165, 1.54) is 35.5 Å². The molecule has 1 atom stereocenters. The van der Waals surface area contributed by atoms with E-state index >= 15 is 0 Å². The zero-order chi connectivity index (χ0) is 23.1. The monoisotopic (exact) mass is 456 g/mol. The first-order valence-electron chi connectivity index (χ1n) is 10.2. The number of hydrogen-bond acceptors (Lipinski definition) is 6. The zero-order valence-corrected chi connectivity index (χ0v) is 18.4. The van der Waals surface area contributed by atoms with E-state index < -0.39 is 27.9 Å². The summed E-state index contributed by atoms with van der Waals surface area (Å²) in [6.07, 6.45) is 1.71. The Balaban J connectivity index is 1.59. The molecule has 2 aromatic rings. The number of carbonyl (C=O) groups excluding carboxylic acids is 2. The molecule has 1 aliphatic rings. The van der Waals surface area contributed by atoms with Crippen LogP contribution in [0.15, 0.2) is 53.4 Å². The smallest absolute Gasteiger partial charge is 0.279 e. The largest absolute Gasteiger partial charge is 0.481 e. The van der Waals surface area contributed by atoms with Crippen LogP contribution < -0.4 is 15.6 Å². The Kier molecular flexibility index (Phi) is 7.45. The standard InChI is InChI=1S/C22H24N4O5S/c1-16(31-19-10-8-17(15-23)9-11-19)21(27)24-25-22(28)18-6-5-7-20(14-18)32(29,30)26-12-3-2-4-13-26/h5-11,14,16H,2-4,12-13H2,1H3,(H,24,27)(H,25,28). The van der Waals surface area contributed by atoms with Gasteiger partial charge in [0.05, 0.1) is 16.5 Å². The number of piperidine rings is 1. The van der Waals surface area contributed by atoms with E-state index in [2.05, 4.69) is 10.9 Å². The van der Waals surface area contributed by atoms with Crippen LogP contribution in [0.1, 0.15) is 42.1 Å². The molecule has 2 N–H and O–H groups in total. The van der Waals surface area contributed by atoms with Gasteiger partial charge < -0.3 is 4.74 Å². The molecule has 10 heteroatoms. The Hall–Kier alpha value is -3.42. The molecule has 0 spiro atoms. The normalized spacial score (nSPS) is 15.2. The Morgan fingerprint density at radius 2 is 1.75 bits per heavy atom.